The van der Waals surface area contributed by atoms with Crippen LogP contribution in [0.2, 0.25) is 0 Å². The van der Waals surface area contributed by atoms with Gasteiger partial charge in [0.2, 0.25) is 0 Å². The summed E-state index contributed by atoms with van der Waals surface area (Å²) in [5.74, 6) is -0.766. The lowest BCUT2D eigenvalue weighted by atomic mass is 10.1. The molecule has 0 bridgehead atoms. The zero-order valence-corrected chi connectivity index (χ0v) is 11.1. The molecule has 1 atom stereocenters. The summed E-state index contributed by atoms with van der Waals surface area (Å²) in [6, 6.07) is 7.07. The van der Waals surface area contributed by atoms with E-state index < -0.39 is 11.8 Å². The Bertz CT molecular complexity index is 455. The molecule has 5 nitrogen and oxygen atoms in total. The van der Waals surface area contributed by atoms with Gasteiger partial charge in [0.05, 0.1) is 13.0 Å². The number of carboxylic acids is 1. The molecule has 2 rings (SSSR count). The van der Waals surface area contributed by atoms with Crippen LogP contribution in [0.25, 0.3) is 0 Å². The smallest absolute Gasteiger partial charge is 0.307 e. The number of benzene rings is 1. The summed E-state index contributed by atoms with van der Waals surface area (Å²) >= 11 is 0. The van der Waals surface area contributed by atoms with E-state index in [0.29, 0.717) is 24.5 Å². The van der Waals surface area contributed by atoms with Crippen LogP contribution in [0.4, 0.5) is 0 Å². The van der Waals surface area contributed by atoms with E-state index >= 15 is 0 Å². The van der Waals surface area contributed by atoms with Crippen molar-refractivity contribution in [3.05, 3.63) is 29.8 Å². The van der Waals surface area contributed by atoms with E-state index in [1.165, 1.54) is 0 Å². The Morgan fingerprint density at radius 2 is 2.32 bits per heavy atom. The van der Waals surface area contributed by atoms with Gasteiger partial charge < -0.3 is 19.3 Å². The summed E-state index contributed by atoms with van der Waals surface area (Å²) < 4.78 is 16.7. The maximum absolute atomic E-state index is 10.6. The van der Waals surface area contributed by atoms with Gasteiger partial charge in [0.25, 0.3) is 0 Å². The van der Waals surface area contributed by atoms with Crippen LogP contribution in [0.5, 0.6) is 5.75 Å². The average Bonchev–Trinajstić information content (AvgIpc) is 2.66. The van der Waals surface area contributed by atoms with E-state index in [1.54, 1.807) is 24.3 Å². The normalized spacial score (nSPS) is 21.3. The molecule has 19 heavy (non-hydrogen) atoms. The summed E-state index contributed by atoms with van der Waals surface area (Å²) in [6.45, 7) is 4.61. The molecule has 5 heteroatoms. The maximum Gasteiger partial charge on any atom is 0.307 e. The monoisotopic (exact) mass is 266 g/mol. The van der Waals surface area contributed by atoms with Crippen LogP contribution in [-0.4, -0.2) is 36.2 Å². The van der Waals surface area contributed by atoms with Gasteiger partial charge in [-0.05, 0) is 31.5 Å². The number of aliphatic carboxylic acids is 1. The maximum atomic E-state index is 10.6. The van der Waals surface area contributed by atoms with Crippen molar-refractivity contribution in [1.82, 2.24) is 0 Å². The topological polar surface area (TPSA) is 65.0 Å². The standard InChI is InChI=1S/C14H18O5/c1-14(2)18-9-12(19-14)8-17-11-5-3-4-10(6-11)7-13(15)16/h3-6,12H,7-9H2,1-2H3,(H,15,16). The number of carbonyl (C=O) groups is 1. The Kier molecular flexibility index (Phi) is 4.07. The third-order valence-electron chi connectivity index (χ3n) is 2.76. The average molecular weight is 266 g/mol. The van der Waals surface area contributed by atoms with Crippen LogP contribution in [0.1, 0.15) is 19.4 Å². The molecular formula is C14H18O5. The number of carboxylic acid groups (broad SMARTS) is 1. The molecule has 1 unspecified atom stereocenters. The van der Waals surface area contributed by atoms with Gasteiger partial charge in [-0.15, -0.1) is 0 Å². The second-order valence-electron chi connectivity index (χ2n) is 4.98. The predicted octanol–water partition coefficient (Wildman–Crippen LogP) is 1.84. The number of hydrogen-bond acceptors (Lipinski definition) is 4. The van der Waals surface area contributed by atoms with E-state index in [2.05, 4.69) is 0 Å². The minimum absolute atomic E-state index is 0.00668. The molecule has 1 heterocycles. The Hall–Kier alpha value is -1.59. The fourth-order valence-corrected chi connectivity index (χ4v) is 1.95. The van der Waals surface area contributed by atoms with Gasteiger partial charge in [-0.1, -0.05) is 12.1 Å². The molecule has 0 radical (unpaired) electrons. The molecule has 1 aromatic carbocycles. The molecule has 1 aliphatic rings. The van der Waals surface area contributed by atoms with Crippen LogP contribution in [-0.2, 0) is 20.7 Å². The Labute approximate surface area is 112 Å². The van der Waals surface area contributed by atoms with Crippen LogP contribution in [0.15, 0.2) is 24.3 Å². The molecule has 0 amide bonds. The first-order chi connectivity index (χ1) is 8.94. The summed E-state index contributed by atoms with van der Waals surface area (Å²) in [4.78, 5) is 10.6. The van der Waals surface area contributed by atoms with Crippen LogP contribution in [0.3, 0.4) is 0 Å². The lowest BCUT2D eigenvalue weighted by Crippen LogP contribution is -2.25. The highest BCUT2D eigenvalue weighted by molar-refractivity contribution is 5.70. The molecule has 1 aliphatic heterocycles. The molecule has 0 spiro atoms. The second-order valence-corrected chi connectivity index (χ2v) is 4.98. The minimum Gasteiger partial charge on any atom is -0.491 e. The van der Waals surface area contributed by atoms with Gasteiger partial charge in [0, 0.05) is 0 Å². The van der Waals surface area contributed by atoms with Gasteiger partial charge in [0.15, 0.2) is 5.79 Å². The third-order valence-corrected chi connectivity index (χ3v) is 2.76. The number of ether oxygens (including phenoxy) is 3. The molecule has 1 fully saturated rings. The van der Waals surface area contributed by atoms with Crippen molar-refractivity contribution in [2.24, 2.45) is 0 Å². The van der Waals surface area contributed by atoms with Crippen molar-refractivity contribution in [3.63, 3.8) is 0 Å². The molecule has 1 saturated heterocycles. The van der Waals surface area contributed by atoms with Crippen molar-refractivity contribution < 1.29 is 24.1 Å². The van der Waals surface area contributed by atoms with Gasteiger partial charge in [0.1, 0.15) is 18.5 Å². The molecule has 104 valence electrons. The Balaban J connectivity index is 1.88. The van der Waals surface area contributed by atoms with E-state index in [-0.39, 0.29) is 12.5 Å². The van der Waals surface area contributed by atoms with E-state index in [9.17, 15) is 4.79 Å². The summed E-state index contributed by atoms with van der Waals surface area (Å²) in [5, 5.41) is 8.74. The van der Waals surface area contributed by atoms with Gasteiger partial charge >= 0.3 is 5.97 Å². The molecule has 0 aliphatic carbocycles. The number of rotatable bonds is 5. The van der Waals surface area contributed by atoms with Crippen molar-refractivity contribution in [1.29, 1.82) is 0 Å². The lowest BCUT2D eigenvalue weighted by Gasteiger charge is -2.17. The molecule has 1 aromatic rings. The third kappa shape index (κ3) is 4.22. The van der Waals surface area contributed by atoms with Crippen LogP contribution in [0, 0.1) is 0 Å². The Morgan fingerprint density at radius 1 is 1.53 bits per heavy atom. The fraction of sp³-hybridized carbons (Fsp3) is 0.500. The van der Waals surface area contributed by atoms with E-state index in [1.807, 2.05) is 13.8 Å². The molecular weight excluding hydrogens is 248 g/mol. The zero-order chi connectivity index (χ0) is 13.9. The summed E-state index contributed by atoms with van der Waals surface area (Å²) in [6.07, 6.45) is -0.106. The highest BCUT2D eigenvalue weighted by Gasteiger charge is 2.32. The number of hydrogen-bond donors (Lipinski definition) is 1. The highest BCUT2D eigenvalue weighted by atomic mass is 16.7. The van der Waals surface area contributed by atoms with Crippen LogP contribution < -0.4 is 4.74 Å². The molecule has 1 N–H and O–H groups in total. The summed E-state index contributed by atoms with van der Waals surface area (Å²) in [7, 11) is 0. The SMILES string of the molecule is CC1(C)OCC(COc2cccc(CC(=O)O)c2)O1. The first-order valence-corrected chi connectivity index (χ1v) is 6.20. The fourth-order valence-electron chi connectivity index (χ4n) is 1.95. The molecule has 0 aromatic heterocycles. The van der Waals surface area contributed by atoms with E-state index in [4.69, 9.17) is 19.3 Å². The van der Waals surface area contributed by atoms with Crippen molar-refractivity contribution in [2.75, 3.05) is 13.2 Å². The second kappa shape index (κ2) is 5.59. The predicted molar refractivity (Wildman–Crippen MR) is 68.2 cm³/mol. The van der Waals surface area contributed by atoms with Gasteiger partial charge in [-0.3, -0.25) is 4.79 Å². The highest BCUT2D eigenvalue weighted by Crippen LogP contribution is 2.23. The van der Waals surface area contributed by atoms with Crippen molar-refractivity contribution in [3.8, 4) is 5.75 Å². The van der Waals surface area contributed by atoms with Crippen molar-refractivity contribution in [2.45, 2.75) is 32.2 Å². The van der Waals surface area contributed by atoms with Gasteiger partial charge in [-0.2, -0.15) is 0 Å². The lowest BCUT2D eigenvalue weighted by molar-refractivity contribution is -0.141. The largest absolute Gasteiger partial charge is 0.491 e. The molecule has 0 saturated carbocycles. The van der Waals surface area contributed by atoms with E-state index in [0.717, 1.165) is 0 Å². The first-order valence-electron chi connectivity index (χ1n) is 6.20. The quantitative estimate of drug-likeness (QED) is 0.881. The van der Waals surface area contributed by atoms with Crippen molar-refractivity contribution >= 4 is 5.97 Å². The summed E-state index contributed by atoms with van der Waals surface area (Å²) in [5.41, 5.74) is 0.717. The first kappa shape index (κ1) is 13.8. The minimum atomic E-state index is -0.855. The van der Waals surface area contributed by atoms with Gasteiger partial charge in [-0.25, -0.2) is 0 Å². The Morgan fingerprint density at radius 3 is 2.95 bits per heavy atom. The van der Waals surface area contributed by atoms with Crippen LogP contribution >= 0.6 is 0 Å². The zero-order valence-electron chi connectivity index (χ0n) is 11.1.